The van der Waals surface area contributed by atoms with E-state index in [4.69, 9.17) is 9.47 Å². The van der Waals surface area contributed by atoms with Crippen molar-refractivity contribution < 1.29 is 19.1 Å². The zero-order chi connectivity index (χ0) is 18.0. The highest BCUT2D eigenvalue weighted by Gasteiger charge is 2.16. The lowest BCUT2D eigenvalue weighted by Crippen LogP contribution is -2.18. The van der Waals surface area contributed by atoms with Gasteiger partial charge in [0.2, 0.25) is 0 Å². The molecule has 0 saturated carbocycles. The number of hydrogen-bond acceptors (Lipinski definition) is 6. The molecule has 3 rings (SSSR count). The van der Waals surface area contributed by atoms with Gasteiger partial charge >= 0.3 is 5.97 Å². The largest absolute Gasteiger partial charge is 0.465 e. The average molecular weight is 356 g/mol. The first kappa shape index (κ1) is 16.9. The van der Waals surface area contributed by atoms with Crippen LogP contribution >= 0.6 is 11.3 Å². The van der Waals surface area contributed by atoms with Gasteiger partial charge < -0.3 is 14.8 Å². The van der Waals surface area contributed by atoms with Crippen LogP contribution in [0, 0.1) is 6.92 Å². The van der Waals surface area contributed by atoms with Crippen LogP contribution in [0.3, 0.4) is 0 Å². The fourth-order valence-electron chi connectivity index (χ4n) is 2.42. The first-order valence-electron chi connectivity index (χ1n) is 7.51. The summed E-state index contributed by atoms with van der Waals surface area (Å²) in [6, 6.07) is 8.84. The summed E-state index contributed by atoms with van der Waals surface area (Å²) in [7, 11) is 2.91. The SMILES string of the molecule is CNC(=O)c1cc(Oc2ccc3c(C)c(C(=O)OC)sc3c2)ccn1. The molecule has 1 N–H and O–H groups in total. The minimum absolute atomic E-state index is 0.279. The number of fused-ring (bicyclic) bond motifs is 1. The van der Waals surface area contributed by atoms with Gasteiger partial charge in [-0.1, -0.05) is 0 Å². The Morgan fingerprint density at radius 3 is 2.64 bits per heavy atom. The van der Waals surface area contributed by atoms with Gasteiger partial charge in [0.1, 0.15) is 22.1 Å². The molecule has 1 amide bonds. The number of nitrogens with zero attached hydrogens (tertiary/aromatic N) is 1. The molecule has 128 valence electrons. The molecule has 0 radical (unpaired) electrons. The van der Waals surface area contributed by atoms with Crippen molar-refractivity contribution >= 4 is 33.3 Å². The van der Waals surface area contributed by atoms with Crippen molar-refractivity contribution in [1.82, 2.24) is 10.3 Å². The molecule has 2 aromatic heterocycles. The molecule has 0 saturated heterocycles. The molecule has 0 aliphatic rings. The summed E-state index contributed by atoms with van der Waals surface area (Å²) in [6.45, 7) is 1.89. The Balaban J connectivity index is 1.92. The van der Waals surface area contributed by atoms with Gasteiger partial charge in [0.05, 0.1) is 7.11 Å². The number of esters is 1. The van der Waals surface area contributed by atoms with Gasteiger partial charge in [-0.2, -0.15) is 0 Å². The Kier molecular flexibility index (Phi) is 4.67. The van der Waals surface area contributed by atoms with Gasteiger partial charge in [0.25, 0.3) is 5.91 Å². The van der Waals surface area contributed by atoms with Crippen LogP contribution in [0.1, 0.15) is 25.7 Å². The molecule has 6 nitrogen and oxygen atoms in total. The number of carbonyl (C=O) groups excluding carboxylic acids is 2. The number of methoxy groups -OCH3 is 1. The molecule has 1 aromatic carbocycles. The van der Waals surface area contributed by atoms with E-state index in [1.807, 2.05) is 25.1 Å². The average Bonchev–Trinajstić information content (AvgIpc) is 2.96. The van der Waals surface area contributed by atoms with Gasteiger partial charge in [-0.25, -0.2) is 4.79 Å². The molecular weight excluding hydrogens is 340 g/mol. The number of benzene rings is 1. The number of hydrogen-bond donors (Lipinski definition) is 1. The smallest absolute Gasteiger partial charge is 0.348 e. The first-order chi connectivity index (χ1) is 12.0. The van der Waals surface area contributed by atoms with Crippen molar-refractivity contribution in [2.75, 3.05) is 14.2 Å². The number of carbonyl (C=O) groups is 2. The Labute approximate surface area is 148 Å². The van der Waals surface area contributed by atoms with Crippen molar-refractivity contribution in [1.29, 1.82) is 0 Å². The van der Waals surface area contributed by atoms with Crippen LogP contribution in [0.2, 0.25) is 0 Å². The molecule has 25 heavy (non-hydrogen) atoms. The third-order valence-electron chi connectivity index (χ3n) is 3.71. The van der Waals surface area contributed by atoms with Gasteiger partial charge in [-0.15, -0.1) is 11.3 Å². The molecule has 0 bridgehead atoms. The molecule has 3 aromatic rings. The summed E-state index contributed by atoms with van der Waals surface area (Å²) in [5.41, 5.74) is 1.17. The fraction of sp³-hybridized carbons (Fsp3) is 0.167. The van der Waals surface area contributed by atoms with Crippen LogP contribution in [0.5, 0.6) is 11.5 Å². The highest BCUT2D eigenvalue weighted by molar-refractivity contribution is 7.21. The standard InChI is InChI=1S/C18H16N2O4S/c1-10-13-5-4-11(9-15(13)25-16(10)18(22)23-3)24-12-6-7-20-14(8-12)17(21)19-2/h4-9H,1-3H3,(H,19,21). The molecule has 2 heterocycles. The van der Waals surface area contributed by atoms with E-state index in [2.05, 4.69) is 10.3 Å². The van der Waals surface area contributed by atoms with Gasteiger partial charge in [0, 0.05) is 24.0 Å². The van der Waals surface area contributed by atoms with Crippen LogP contribution in [0.25, 0.3) is 10.1 Å². The number of nitrogens with one attached hydrogen (secondary N) is 1. The Morgan fingerprint density at radius 2 is 1.92 bits per heavy atom. The summed E-state index contributed by atoms with van der Waals surface area (Å²) < 4.78 is 11.6. The molecular formula is C18H16N2O4S. The minimum Gasteiger partial charge on any atom is -0.465 e. The third kappa shape index (κ3) is 3.32. The molecule has 0 fully saturated rings. The van der Waals surface area contributed by atoms with Crippen molar-refractivity contribution in [2.24, 2.45) is 0 Å². The lowest BCUT2D eigenvalue weighted by atomic mass is 10.1. The normalized spacial score (nSPS) is 10.5. The number of aryl methyl sites for hydroxylation is 1. The van der Waals surface area contributed by atoms with E-state index < -0.39 is 0 Å². The topological polar surface area (TPSA) is 77.5 Å². The van der Waals surface area contributed by atoms with Crippen molar-refractivity contribution in [3.63, 3.8) is 0 Å². The van der Waals surface area contributed by atoms with Crippen molar-refractivity contribution in [3.05, 3.63) is 52.7 Å². The van der Waals surface area contributed by atoms with E-state index in [1.54, 1.807) is 19.2 Å². The Hall–Kier alpha value is -2.93. The highest BCUT2D eigenvalue weighted by atomic mass is 32.1. The summed E-state index contributed by atoms with van der Waals surface area (Å²) in [5.74, 6) is 0.497. The quantitative estimate of drug-likeness (QED) is 0.724. The number of pyridine rings is 1. The second kappa shape index (κ2) is 6.90. The summed E-state index contributed by atoms with van der Waals surface area (Å²) in [6.07, 6.45) is 1.52. The number of amides is 1. The highest BCUT2D eigenvalue weighted by Crippen LogP contribution is 2.35. The van der Waals surface area contributed by atoms with E-state index in [1.165, 1.54) is 24.6 Å². The van der Waals surface area contributed by atoms with Gasteiger partial charge in [-0.3, -0.25) is 9.78 Å². The first-order valence-corrected chi connectivity index (χ1v) is 8.32. The number of rotatable bonds is 4. The predicted molar refractivity (Wildman–Crippen MR) is 95.6 cm³/mol. The van der Waals surface area contributed by atoms with Gasteiger partial charge in [-0.05, 0) is 42.1 Å². The van der Waals surface area contributed by atoms with E-state index >= 15 is 0 Å². The monoisotopic (exact) mass is 356 g/mol. The lowest BCUT2D eigenvalue weighted by Gasteiger charge is -2.07. The number of ether oxygens (including phenoxy) is 2. The Bertz CT molecular complexity index is 965. The van der Waals surface area contributed by atoms with Crippen LogP contribution in [-0.4, -0.2) is 31.0 Å². The zero-order valence-electron chi connectivity index (χ0n) is 14.0. The maximum atomic E-state index is 11.8. The second-order valence-electron chi connectivity index (χ2n) is 5.26. The predicted octanol–water partition coefficient (Wildman–Crippen LogP) is 3.54. The van der Waals surface area contributed by atoms with Crippen LogP contribution < -0.4 is 10.1 Å². The molecule has 0 aliphatic heterocycles. The maximum absolute atomic E-state index is 11.8. The number of aromatic nitrogens is 1. The summed E-state index contributed by atoms with van der Waals surface area (Å²) >= 11 is 1.36. The van der Waals surface area contributed by atoms with E-state index in [0.29, 0.717) is 16.4 Å². The van der Waals surface area contributed by atoms with E-state index in [9.17, 15) is 9.59 Å². The summed E-state index contributed by atoms with van der Waals surface area (Å²) in [4.78, 5) is 28.1. The zero-order valence-corrected chi connectivity index (χ0v) is 14.8. The molecule has 0 aliphatic carbocycles. The van der Waals surface area contributed by atoms with Crippen LogP contribution in [0.4, 0.5) is 0 Å². The molecule has 0 atom stereocenters. The third-order valence-corrected chi connectivity index (χ3v) is 4.94. The lowest BCUT2D eigenvalue weighted by molar-refractivity contribution is 0.0605. The molecule has 7 heteroatoms. The van der Waals surface area contributed by atoms with Crippen molar-refractivity contribution in [2.45, 2.75) is 6.92 Å². The summed E-state index contributed by atoms with van der Waals surface area (Å²) in [5, 5.41) is 3.51. The second-order valence-corrected chi connectivity index (χ2v) is 6.32. The van der Waals surface area contributed by atoms with Crippen LogP contribution in [-0.2, 0) is 4.74 Å². The van der Waals surface area contributed by atoms with Crippen LogP contribution in [0.15, 0.2) is 36.5 Å². The van der Waals surface area contributed by atoms with Gasteiger partial charge in [0.15, 0.2) is 0 Å². The fourth-order valence-corrected chi connectivity index (χ4v) is 3.58. The molecule has 0 spiro atoms. The Morgan fingerprint density at radius 1 is 1.16 bits per heavy atom. The minimum atomic E-state index is -0.342. The maximum Gasteiger partial charge on any atom is 0.348 e. The number of thiophene rings is 1. The van der Waals surface area contributed by atoms with E-state index in [-0.39, 0.29) is 17.6 Å². The van der Waals surface area contributed by atoms with E-state index in [0.717, 1.165) is 15.6 Å². The van der Waals surface area contributed by atoms with Crippen molar-refractivity contribution in [3.8, 4) is 11.5 Å². The molecule has 0 unspecified atom stereocenters.